The molecular weight excluding hydrogens is 356 g/mol. The van der Waals surface area contributed by atoms with Crippen LogP contribution < -0.4 is 16.2 Å². The first-order valence-electron chi connectivity index (χ1n) is 9.44. The third kappa shape index (κ3) is 3.68. The van der Waals surface area contributed by atoms with Crippen molar-refractivity contribution in [1.82, 2.24) is 19.5 Å². The first-order chi connectivity index (χ1) is 13.5. The Labute approximate surface area is 162 Å². The molecule has 4 rings (SSSR count). The van der Waals surface area contributed by atoms with Gasteiger partial charge in [0.25, 0.3) is 5.56 Å². The first kappa shape index (κ1) is 18.4. The summed E-state index contributed by atoms with van der Waals surface area (Å²) in [5, 5.41) is 17.2. The molecule has 0 atom stereocenters. The largest absolute Gasteiger partial charge is 0.395 e. The van der Waals surface area contributed by atoms with Gasteiger partial charge < -0.3 is 20.3 Å². The summed E-state index contributed by atoms with van der Waals surface area (Å²) in [6.45, 7) is 4.42. The van der Waals surface area contributed by atoms with E-state index in [0.29, 0.717) is 28.8 Å². The van der Waals surface area contributed by atoms with Gasteiger partial charge in [0.15, 0.2) is 0 Å². The minimum Gasteiger partial charge on any atom is -0.395 e. The van der Waals surface area contributed by atoms with Crippen LogP contribution in [0.1, 0.15) is 26.7 Å². The fraction of sp³-hybridized carbons (Fsp3) is 0.400. The van der Waals surface area contributed by atoms with E-state index in [1.807, 2.05) is 12.1 Å². The second-order valence-corrected chi connectivity index (χ2v) is 7.69. The number of aliphatic hydroxyl groups is 1. The summed E-state index contributed by atoms with van der Waals surface area (Å²) >= 11 is 0. The van der Waals surface area contributed by atoms with Gasteiger partial charge in [0.1, 0.15) is 17.5 Å². The van der Waals surface area contributed by atoms with Crippen LogP contribution in [0.15, 0.2) is 41.7 Å². The highest BCUT2D eigenvalue weighted by molar-refractivity contribution is 5.93. The van der Waals surface area contributed by atoms with Crippen molar-refractivity contribution in [3.05, 3.63) is 47.3 Å². The number of aliphatic hydroxyl groups excluding tert-OH is 1. The van der Waals surface area contributed by atoms with E-state index in [2.05, 4.69) is 39.4 Å². The quantitative estimate of drug-likeness (QED) is 0.578. The van der Waals surface area contributed by atoms with Gasteiger partial charge in [0.2, 0.25) is 0 Å². The predicted molar refractivity (Wildman–Crippen MR) is 109 cm³/mol. The Hall–Kier alpha value is -3.00. The van der Waals surface area contributed by atoms with Crippen LogP contribution in [-0.2, 0) is 6.54 Å². The van der Waals surface area contributed by atoms with E-state index in [1.165, 1.54) is 17.4 Å². The smallest absolute Gasteiger partial charge is 0.262 e. The highest BCUT2D eigenvalue weighted by Gasteiger charge is 2.38. The van der Waals surface area contributed by atoms with Crippen LogP contribution in [-0.4, -0.2) is 36.8 Å². The summed E-state index contributed by atoms with van der Waals surface area (Å²) < 4.78 is 1.51. The summed E-state index contributed by atoms with van der Waals surface area (Å²) in [7, 11) is 0. The monoisotopic (exact) mass is 380 g/mol. The van der Waals surface area contributed by atoms with Crippen molar-refractivity contribution >= 4 is 28.2 Å². The van der Waals surface area contributed by atoms with Crippen LogP contribution in [0.25, 0.3) is 10.8 Å². The van der Waals surface area contributed by atoms with E-state index >= 15 is 0 Å². The molecule has 0 spiro atoms. The van der Waals surface area contributed by atoms with E-state index in [0.717, 1.165) is 5.39 Å². The van der Waals surface area contributed by atoms with Crippen molar-refractivity contribution < 1.29 is 5.11 Å². The summed E-state index contributed by atoms with van der Waals surface area (Å²) in [5.74, 6) is 2.26. The molecule has 28 heavy (non-hydrogen) atoms. The first-order valence-corrected chi connectivity index (χ1v) is 9.44. The maximum atomic E-state index is 13.0. The van der Waals surface area contributed by atoms with Crippen LogP contribution in [0.2, 0.25) is 0 Å². The molecule has 1 aliphatic carbocycles. The number of hydrogen-bond acceptors (Lipinski definition) is 7. The molecule has 8 heteroatoms. The van der Waals surface area contributed by atoms with Crippen molar-refractivity contribution in [3.8, 4) is 0 Å². The number of pyridine rings is 2. The van der Waals surface area contributed by atoms with E-state index in [4.69, 9.17) is 0 Å². The summed E-state index contributed by atoms with van der Waals surface area (Å²) in [4.78, 5) is 26.0. The molecule has 0 saturated heterocycles. The standard InChI is InChI=1S/C20H24N6O2/c1-20(2,14-3-4-14)25-18-17-13(5-8-26(9-10-27)19(17)28)11-15(24-18)23-16-12-21-6-7-22-16/h5-8,11-12,14,27H,3-4,9-10H2,1-2H3,(H2,22,23,24,25). The minimum atomic E-state index is -0.171. The number of hydrogen-bond donors (Lipinski definition) is 3. The zero-order valence-corrected chi connectivity index (χ0v) is 16.0. The Balaban J connectivity index is 1.82. The molecule has 0 aromatic carbocycles. The van der Waals surface area contributed by atoms with Crippen LogP contribution in [0.5, 0.6) is 0 Å². The van der Waals surface area contributed by atoms with Gasteiger partial charge in [-0.3, -0.25) is 9.78 Å². The SMILES string of the molecule is CC(C)(Nc1nc(Nc2cnccn2)cc2ccn(CCO)c(=O)c12)C1CC1. The van der Waals surface area contributed by atoms with Gasteiger partial charge in [0, 0.05) is 30.7 Å². The molecule has 1 saturated carbocycles. The fourth-order valence-corrected chi connectivity index (χ4v) is 3.45. The van der Waals surface area contributed by atoms with Gasteiger partial charge in [-0.25, -0.2) is 9.97 Å². The molecule has 0 radical (unpaired) electrons. The molecule has 3 N–H and O–H groups in total. The van der Waals surface area contributed by atoms with Crippen molar-refractivity contribution in [2.45, 2.75) is 38.8 Å². The molecular formula is C20H24N6O2. The van der Waals surface area contributed by atoms with Crippen molar-refractivity contribution in [2.24, 2.45) is 5.92 Å². The normalized spacial score (nSPS) is 14.2. The summed E-state index contributed by atoms with van der Waals surface area (Å²) in [5.41, 5.74) is -0.339. The summed E-state index contributed by atoms with van der Waals surface area (Å²) in [6.07, 6.45) is 8.86. The Bertz CT molecular complexity index is 1040. The molecule has 8 nitrogen and oxygen atoms in total. The molecule has 3 heterocycles. The molecule has 0 amide bonds. The Morgan fingerprint density at radius 3 is 2.79 bits per heavy atom. The minimum absolute atomic E-state index is 0.0957. The molecule has 3 aromatic rings. The second-order valence-electron chi connectivity index (χ2n) is 7.69. The Morgan fingerprint density at radius 1 is 1.29 bits per heavy atom. The molecule has 1 aliphatic rings. The Kier molecular flexibility index (Phi) is 4.72. The van der Waals surface area contributed by atoms with Gasteiger partial charge >= 0.3 is 0 Å². The number of rotatable bonds is 7. The lowest BCUT2D eigenvalue weighted by atomic mass is 9.98. The molecule has 1 fully saturated rings. The lowest BCUT2D eigenvalue weighted by molar-refractivity contribution is 0.274. The predicted octanol–water partition coefficient (Wildman–Crippen LogP) is 2.52. The third-order valence-electron chi connectivity index (χ3n) is 5.16. The third-order valence-corrected chi connectivity index (χ3v) is 5.16. The van der Waals surface area contributed by atoms with Gasteiger partial charge in [0.05, 0.1) is 18.2 Å². The maximum Gasteiger partial charge on any atom is 0.262 e. The fourth-order valence-electron chi connectivity index (χ4n) is 3.45. The highest BCUT2D eigenvalue weighted by Crippen LogP contribution is 2.41. The van der Waals surface area contributed by atoms with E-state index in [-0.39, 0.29) is 24.2 Å². The van der Waals surface area contributed by atoms with E-state index in [9.17, 15) is 9.90 Å². The number of nitrogens with one attached hydrogen (secondary N) is 2. The zero-order valence-electron chi connectivity index (χ0n) is 16.0. The molecule has 146 valence electrons. The van der Waals surface area contributed by atoms with Crippen LogP contribution in [0.3, 0.4) is 0 Å². The second kappa shape index (κ2) is 7.20. The van der Waals surface area contributed by atoms with Crippen molar-refractivity contribution in [2.75, 3.05) is 17.2 Å². The van der Waals surface area contributed by atoms with Crippen molar-refractivity contribution in [3.63, 3.8) is 0 Å². The molecule has 0 unspecified atom stereocenters. The zero-order chi connectivity index (χ0) is 19.7. The van der Waals surface area contributed by atoms with Gasteiger partial charge in [-0.2, -0.15) is 0 Å². The average molecular weight is 380 g/mol. The van der Waals surface area contributed by atoms with Crippen LogP contribution >= 0.6 is 0 Å². The van der Waals surface area contributed by atoms with Gasteiger partial charge in [-0.1, -0.05) is 0 Å². The molecule has 3 aromatic heterocycles. The Morgan fingerprint density at radius 2 is 2.11 bits per heavy atom. The van der Waals surface area contributed by atoms with Gasteiger partial charge in [-0.05, 0) is 50.1 Å². The lowest BCUT2D eigenvalue weighted by Gasteiger charge is -2.28. The van der Waals surface area contributed by atoms with E-state index < -0.39 is 0 Å². The molecule has 0 aliphatic heterocycles. The molecule has 0 bridgehead atoms. The summed E-state index contributed by atoms with van der Waals surface area (Å²) in [6, 6.07) is 3.69. The van der Waals surface area contributed by atoms with Crippen molar-refractivity contribution in [1.29, 1.82) is 0 Å². The number of anilines is 3. The highest BCUT2D eigenvalue weighted by atomic mass is 16.3. The average Bonchev–Trinajstić information content (AvgIpc) is 3.50. The van der Waals surface area contributed by atoms with Gasteiger partial charge in [-0.15, -0.1) is 0 Å². The number of nitrogens with zero attached hydrogens (tertiary/aromatic N) is 4. The topological polar surface area (TPSA) is 105 Å². The number of fused-ring (bicyclic) bond motifs is 1. The lowest BCUT2D eigenvalue weighted by Crippen LogP contribution is -2.34. The number of aromatic nitrogens is 4. The van der Waals surface area contributed by atoms with Crippen LogP contribution in [0.4, 0.5) is 17.5 Å². The maximum absolute atomic E-state index is 13.0. The van der Waals surface area contributed by atoms with Crippen LogP contribution in [0, 0.1) is 5.92 Å². The van der Waals surface area contributed by atoms with E-state index in [1.54, 1.807) is 24.8 Å².